The number of aliphatic hydroxyl groups excluding tert-OH is 3. The molecule has 1 saturated heterocycles. The molecule has 0 aliphatic carbocycles. The van der Waals surface area contributed by atoms with Crippen molar-refractivity contribution in [1.82, 2.24) is 0 Å². The van der Waals surface area contributed by atoms with Crippen molar-refractivity contribution >= 4 is 22.9 Å². The van der Waals surface area contributed by atoms with Gasteiger partial charge in [0.25, 0.3) is 0 Å². The molecule has 238 valence electrons. The number of hydrogen-bond donors (Lipinski definition) is 8. The van der Waals surface area contributed by atoms with Crippen LogP contribution in [0.3, 0.4) is 0 Å². The van der Waals surface area contributed by atoms with Gasteiger partial charge in [0.05, 0.1) is 25.6 Å². The SMILES string of the molecule is COc1cc(-c2oc3cc(O)cc(O)c3c(=O)c2O[C@@H]2O[C@@H](COC(=O)C[C@](C)(O)CC(=O)O)[C@@H](O)[C@H](O)[C@H]2O)ccc1O. The summed E-state index contributed by atoms with van der Waals surface area (Å²) in [6, 6.07) is 5.72. The van der Waals surface area contributed by atoms with Gasteiger partial charge < -0.3 is 64.2 Å². The minimum absolute atomic E-state index is 0.0355. The highest BCUT2D eigenvalue weighted by Gasteiger charge is 2.46. The molecule has 0 spiro atoms. The number of aliphatic hydroxyl groups is 4. The summed E-state index contributed by atoms with van der Waals surface area (Å²) >= 11 is 0. The normalized spacial score (nSPS) is 23.1. The van der Waals surface area contributed by atoms with Crippen LogP contribution in [0.2, 0.25) is 0 Å². The third-order valence-corrected chi connectivity index (χ3v) is 6.73. The number of ether oxygens (including phenoxy) is 4. The van der Waals surface area contributed by atoms with Crippen LogP contribution >= 0.6 is 0 Å². The Morgan fingerprint density at radius 1 is 0.977 bits per heavy atom. The highest BCUT2D eigenvalue weighted by atomic mass is 16.7. The van der Waals surface area contributed by atoms with Crippen molar-refractivity contribution in [2.45, 2.75) is 56.1 Å². The number of methoxy groups -OCH3 is 1. The highest BCUT2D eigenvalue weighted by Crippen LogP contribution is 2.39. The van der Waals surface area contributed by atoms with Gasteiger partial charge in [-0.25, -0.2) is 0 Å². The van der Waals surface area contributed by atoms with Crippen molar-refractivity contribution < 1.29 is 73.8 Å². The number of esters is 1. The average molecular weight is 623 g/mol. The number of benzene rings is 2. The van der Waals surface area contributed by atoms with E-state index < -0.39 is 95.8 Å². The lowest BCUT2D eigenvalue weighted by Gasteiger charge is -2.39. The first-order valence-electron chi connectivity index (χ1n) is 13.0. The van der Waals surface area contributed by atoms with E-state index in [4.69, 9.17) is 28.5 Å². The Balaban J connectivity index is 1.68. The van der Waals surface area contributed by atoms with E-state index in [9.17, 15) is 50.1 Å². The third kappa shape index (κ3) is 6.79. The van der Waals surface area contributed by atoms with E-state index in [0.717, 1.165) is 19.1 Å². The highest BCUT2D eigenvalue weighted by molar-refractivity contribution is 5.88. The van der Waals surface area contributed by atoms with Crippen LogP contribution in [0.25, 0.3) is 22.3 Å². The van der Waals surface area contributed by atoms with Gasteiger partial charge in [-0.1, -0.05) is 0 Å². The number of fused-ring (bicyclic) bond motifs is 1. The topological polar surface area (TPSA) is 263 Å². The van der Waals surface area contributed by atoms with Gasteiger partial charge in [0.1, 0.15) is 53.5 Å². The van der Waals surface area contributed by atoms with E-state index >= 15 is 0 Å². The van der Waals surface area contributed by atoms with Crippen LogP contribution in [0.15, 0.2) is 39.5 Å². The predicted molar refractivity (Wildman–Crippen MR) is 145 cm³/mol. The van der Waals surface area contributed by atoms with Crippen molar-refractivity contribution in [3.8, 4) is 40.1 Å². The Morgan fingerprint density at radius 2 is 1.68 bits per heavy atom. The minimum Gasteiger partial charge on any atom is -0.508 e. The Hall–Kier alpha value is -4.61. The zero-order valence-corrected chi connectivity index (χ0v) is 23.2. The summed E-state index contributed by atoms with van der Waals surface area (Å²) in [6.45, 7) is 0.356. The second-order valence-corrected chi connectivity index (χ2v) is 10.4. The molecule has 0 unspecified atom stereocenters. The smallest absolute Gasteiger partial charge is 0.308 e. The Labute approximate surface area is 247 Å². The monoisotopic (exact) mass is 622 g/mol. The van der Waals surface area contributed by atoms with Gasteiger partial charge in [-0.2, -0.15) is 0 Å². The van der Waals surface area contributed by atoms with Crippen molar-refractivity contribution in [3.63, 3.8) is 0 Å². The van der Waals surface area contributed by atoms with E-state index in [0.29, 0.717) is 0 Å². The van der Waals surface area contributed by atoms with Gasteiger partial charge in [-0.3, -0.25) is 14.4 Å². The van der Waals surface area contributed by atoms with Gasteiger partial charge in [0, 0.05) is 17.7 Å². The van der Waals surface area contributed by atoms with Gasteiger partial charge in [-0.05, 0) is 25.1 Å². The minimum atomic E-state index is -1.99. The summed E-state index contributed by atoms with van der Waals surface area (Å²) in [5.41, 5.74) is -3.14. The third-order valence-electron chi connectivity index (χ3n) is 6.73. The molecule has 0 amide bonds. The molecule has 8 N–H and O–H groups in total. The molecular formula is C28H30O16. The summed E-state index contributed by atoms with van der Waals surface area (Å²) in [4.78, 5) is 36.7. The van der Waals surface area contributed by atoms with Crippen LogP contribution in [0.1, 0.15) is 19.8 Å². The number of carboxylic acids is 1. The molecule has 6 atom stereocenters. The lowest BCUT2D eigenvalue weighted by molar-refractivity contribution is -0.278. The molecule has 44 heavy (non-hydrogen) atoms. The Bertz CT molecular complexity index is 1610. The van der Waals surface area contributed by atoms with Crippen molar-refractivity contribution in [1.29, 1.82) is 0 Å². The maximum Gasteiger partial charge on any atom is 0.308 e. The molecule has 2 aromatic carbocycles. The number of hydrogen-bond acceptors (Lipinski definition) is 15. The van der Waals surface area contributed by atoms with Gasteiger partial charge in [0.15, 0.2) is 17.3 Å². The number of carbonyl (C=O) groups excluding carboxylic acids is 1. The molecule has 3 aromatic rings. The summed E-state index contributed by atoms with van der Waals surface area (Å²) in [6.07, 6.45) is -10.7. The van der Waals surface area contributed by atoms with Gasteiger partial charge in [0.2, 0.25) is 17.5 Å². The van der Waals surface area contributed by atoms with E-state index in [1.807, 2.05) is 0 Å². The fourth-order valence-electron chi connectivity index (χ4n) is 4.58. The largest absolute Gasteiger partial charge is 0.508 e. The fraction of sp³-hybridized carbons (Fsp3) is 0.393. The van der Waals surface area contributed by atoms with E-state index in [1.54, 1.807) is 0 Å². The molecule has 1 aromatic heterocycles. The second kappa shape index (κ2) is 12.6. The second-order valence-electron chi connectivity index (χ2n) is 10.4. The van der Waals surface area contributed by atoms with E-state index in [2.05, 4.69) is 0 Å². The molecule has 0 saturated carbocycles. The van der Waals surface area contributed by atoms with Crippen molar-refractivity contribution in [3.05, 3.63) is 40.6 Å². The van der Waals surface area contributed by atoms with Crippen LogP contribution in [0.5, 0.6) is 28.7 Å². The Kier molecular flexibility index (Phi) is 9.22. The predicted octanol–water partition coefficient (Wildman–Crippen LogP) is -0.0692. The number of aliphatic carboxylic acids is 1. The lowest BCUT2D eigenvalue weighted by atomic mass is 9.98. The van der Waals surface area contributed by atoms with Crippen molar-refractivity contribution in [2.24, 2.45) is 0 Å². The number of rotatable bonds is 10. The molecule has 1 aliphatic rings. The summed E-state index contributed by atoms with van der Waals surface area (Å²) in [7, 11) is 1.27. The molecule has 1 fully saturated rings. The first-order chi connectivity index (χ1) is 20.6. The zero-order valence-electron chi connectivity index (χ0n) is 23.2. The number of carbonyl (C=O) groups is 2. The Morgan fingerprint density at radius 3 is 2.34 bits per heavy atom. The maximum absolute atomic E-state index is 13.6. The quantitative estimate of drug-likeness (QED) is 0.138. The fourth-order valence-corrected chi connectivity index (χ4v) is 4.58. The van der Waals surface area contributed by atoms with Crippen LogP contribution in [-0.4, -0.2) is 103 Å². The molecule has 16 heteroatoms. The zero-order chi connectivity index (χ0) is 32.5. The van der Waals surface area contributed by atoms with Gasteiger partial charge in [-0.15, -0.1) is 0 Å². The number of aromatic hydroxyl groups is 3. The van der Waals surface area contributed by atoms with Crippen molar-refractivity contribution in [2.75, 3.05) is 13.7 Å². The molecule has 0 radical (unpaired) electrons. The summed E-state index contributed by atoms with van der Waals surface area (Å²) < 4.78 is 27.1. The number of phenolic OH excluding ortho intramolecular Hbond substituents is 3. The standard InChI is InChI=1S/C28H30O16/c1-28(39,8-18(32)33)9-19(34)41-10-17-21(35)23(37)24(38)27(43-17)44-26-22(36)20-14(31)6-12(29)7-16(20)42-25(26)11-3-4-13(30)15(5-11)40-2/h3-7,17,21,23-24,27,29-31,35,37-39H,8-10H2,1-2H3,(H,32,33)/t17-,21+,23-,24+,27-,28+/m0/s1. The lowest BCUT2D eigenvalue weighted by Crippen LogP contribution is -2.60. The average Bonchev–Trinajstić information content (AvgIpc) is 2.92. The van der Waals surface area contributed by atoms with Crippen LogP contribution < -0.4 is 14.9 Å². The number of carboxylic acid groups (broad SMARTS) is 1. The molecule has 2 heterocycles. The summed E-state index contributed by atoms with van der Waals surface area (Å²) in [5.74, 6) is -4.86. The molecular weight excluding hydrogens is 592 g/mol. The van der Waals surface area contributed by atoms with E-state index in [-0.39, 0.29) is 28.4 Å². The number of phenols is 3. The first kappa shape index (κ1) is 32.3. The summed E-state index contributed by atoms with van der Waals surface area (Å²) in [5, 5.41) is 80.5. The molecule has 4 rings (SSSR count). The maximum atomic E-state index is 13.6. The molecule has 0 bridgehead atoms. The van der Waals surface area contributed by atoms with Crippen LogP contribution in [0, 0.1) is 0 Å². The van der Waals surface area contributed by atoms with Crippen LogP contribution in [0.4, 0.5) is 0 Å². The van der Waals surface area contributed by atoms with Crippen LogP contribution in [-0.2, 0) is 19.1 Å². The van der Waals surface area contributed by atoms with Gasteiger partial charge >= 0.3 is 11.9 Å². The van der Waals surface area contributed by atoms with E-state index in [1.165, 1.54) is 25.3 Å². The first-order valence-corrected chi connectivity index (χ1v) is 13.0. The molecule has 16 nitrogen and oxygen atoms in total. The molecule has 1 aliphatic heterocycles.